The number of aliphatic hydroxyl groups excluding tert-OH is 1. The third-order valence-corrected chi connectivity index (χ3v) is 6.00. The third kappa shape index (κ3) is 11.7. The van der Waals surface area contributed by atoms with Crippen LogP contribution in [-0.2, 0) is 0 Å². The second-order valence-electron chi connectivity index (χ2n) is 8.31. The molecule has 1 aliphatic heterocycles. The fourth-order valence-electron chi connectivity index (χ4n) is 4.25. The van der Waals surface area contributed by atoms with Gasteiger partial charge >= 0.3 is 0 Å². The van der Waals surface area contributed by atoms with E-state index < -0.39 is 0 Å². The molecular weight excluding hydrogens is 332 g/mol. The van der Waals surface area contributed by atoms with Crippen LogP contribution in [0.4, 0.5) is 0 Å². The SMILES string of the molecule is CCCCCCCCCCCCCCCCCC1N(CC)C=CN1CCO. The second-order valence-corrected chi connectivity index (χ2v) is 8.31. The molecule has 0 aromatic rings. The Morgan fingerprint density at radius 1 is 0.630 bits per heavy atom. The smallest absolute Gasteiger partial charge is 0.101 e. The lowest BCUT2D eigenvalue weighted by Crippen LogP contribution is -2.39. The fourth-order valence-corrected chi connectivity index (χ4v) is 4.25. The van der Waals surface area contributed by atoms with E-state index in [9.17, 15) is 5.11 Å². The highest BCUT2D eigenvalue weighted by Crippen LogP contribution is 2.21. The maximum absolute atomic E-state index is 9.21. The Morgan fingerprint density at radius 2 is 1.07 bits per heavy atom. The molecule has 1 atom stereocenters. The van der Waals surface area contributed by atoms with Gasteiger partial charge in [-0.25, -0.2) is 0 Å². The number of hydrogen-bond donors (Lipinski definition) is 1. The average molecular weight is 381 g/mol. The van der Waals surface area contributed by atoms with Crippen LogP contribution in [0.2, 0.25) is 0 Å². The summed E-state index contributed by atoms with van der Waals surface area (Å²) < 4.78 is 0. The number of nitrogens with zero attached hydrogens (tertiary/aromatic N) is 2. The van der Waals surface area contributed by atoms with E-state index in [0.29, 0.717) is 6.17 Å². The van der Waals surface area contributed by atoms with Gasteiger partial charge in [-0.15, -0.1) is 0 Å². The van der Waals surface area contributed by atoms with Gasteiger partial charge in [-0.3, -0.25) is 0 Å². The van der Waals surface area contributed by atoms with E-state index in [1.807, 2.05) is 0 Å². The number of hydrogen-bond acceptors (Lipinski definition) is 3. The molecule has 0 aromatic heterocycles. The molecular formula is C24H48N2O. The van der Waals surface area contributed by atoms with Crippen LogP contribution in [0.3, 0.4) is 0 Å². The number of β-amino-alcohol motifs (C(OH)–C–C–N with tert-alkyl or cyclic N) is 1. The summed E-state index contributed by atoms with van der Waals surface area (Å²) in [6, 6.07) is 0. The molecule has 0 amide bonds. The minimum Gasteiger partial charge on any atom is -0.395 e. The van der Waals surface area contributed by atoms with Gasteiger partial charge in [0.1, 0.15) is 6.17 Å². The number of rotatable bonds is 19. The molecule has 0 aromatic carbocycles. The van der Waals surface area contributed by atoms with Crippen molar-refractivity contribution in [3.05, 3.63) is 12.4 Å². The first-order valence-corrected chi connectivity index (χ1v) is 12.1. The van der Waals surface area contributed by atoms with Gasteiger partial charge in [-0.05, 0) is 19.8 Å². The van der Waals surface area contributed by atoms with Crippen molar-refractivity contribution in [3.63, 3.8) is 0 Å². The van der Waals surface area contributed by atoms with Crippen molar-refractivity contribution in [2.75, 3.05) is 19.7 Å². The summed E-state index contributed by atoms with van der Waals surface area (Å²) in [5, 5.41) is 9.21. The van der Waals surface area contributed by atoms with Crippen molar-refractivity contribution in [3.8, 4) is 0 Å². The Kier molecular flexibility index (Phi) is 15.7. The minimum absolute atomic E-state index is 0.247. The minimum atomic E-state index is 0.247. The molecule has 0 radical (unpaired) electrons. The van der Waals surface area contributed by atoms with Gasteiger partial charge in [0.05, 0.1) is 6.61 Å². The Morgan fingerprint density at radius 3 is 1.52 bits per heavy atom. The highest BCUT2D eigenvalue weighted by Gasteiger charge is 2.23. The second kappa shape index (κ2) is 17.4. The number of unbranched alkanes of at least 4 members (excludes halogenated alkanes) is 14. The van der Waals surface area contributed by atoms with E-state index in [2.05, 4.69) is 36.0 Å². The molecule has 1 N–H and O–H groups in total. The first-order chi connectivity index (χ1) is 13.3. The normalized spacial score (nSPS) is 16.6. The largest absolute Gasteiger partial charge is 0.395 e. The third-order valence-electron chi connectivity index (χ3n) is 6.00. The summed E-state index contributed by atoms with van der Waals surface area (Å²) in [6.07, 6.45) is 27.3. The molecule has 0 bridgehead atoms. The van der Waals surface area contributed by atoms with Crippen molar-refractivity contribution in [2.45, 2.75) is 123 Å². The predicted molar refractivity (Wildman–Crippen MR) is 119 cm³/mol. The average Bonchev–Trinajstić information content (AvgIpc) is 3.07. The summed E-state index contributed by atoms with van der Waals surface area (Å²) in [4.78, 5) is 4.70. The standard InChI is InChI=1S/C24H48N2O/c1-3-5-6-7-8-9-10-11-12-13-14-15-16-17-18-19-24-25(4-2)20-21-26(24)22-23-27/h20-21,24,27H,3-19,22-23H2,1-2H3. The van der Waals surface area contributed by atoms with Gasteiger partial charge in [0.25, 0.3) is 0 Å². The van der Waals surface area contributed by atoms with Gasteiger partial charge < -0.3 is 14.9 Å². The van der Waals surface area contributed by atoms with Crippen molar-refractivity contribution in [2.24, 2.45) is 0 Å². The van der Waals surface area contributed by atoms with Crippen molar-refractivity contribution in [1.29, 1.82) is 0 Å². The molecule has 0 saturated carbocycles. The molecule has 0 spiro atoms. The van der Waals surface area contributed by atoms with Crippen molar-refractivity contribution < 1.29 is 5.11 Å². The quantitative estimate of drug-likeness (QED) is 0.253. The van der Waals surface area contributed by atoms with Crippen LogP contribution in [0.25, 0.3) is 0 Å². The molecule has 160 valence electrons. The van der Waals surface area contributed by atoms with Crippen LogP contribution >= 0.6 is 0 Å². The first-order valence-electron chi connectivity index (χ1n) is 12.1. The number of aliphatic hydroxyl groups is 1. The Labute approximate surface area is 170 Å². The summed E-state index contributed by atoms with van der Waals surface area (Å²) in [5.41, 5.74) is 0. The first kappa shape index (κ1) is 24.3. The predicted octanol–water partition coefficient (Wildman–Crippen LogP) is 6.68. The highest BCUT2D eigenvalue weighted by molar-refractivity contribution is 4.96. The zero-order chi connectivity index (χ0) is 19.6. The monoisotopic (exact) mass is 380 g/mol. The fraction of sp³-hybridized carbons (Fsp3) is 0.917. The summed E-state index contributed by atoms with van der Waals surface area (Å²) in [5.74, 6) is 0. The van der Waals surface area contributed by atoms with Gasteiger partial charge in [0.2, 0.25) is 0 Å². The summed E-state index contributed by atoms with van der Waals surface area (Å²) >= 11 is 0. The molecule has 0 saturated heterocycles. The lowest BCUT2D eigenvalue weighted by atomic mass is 10.0. The van der Waals surface area contributed by atoms with Gasteiger partial charge in [0, 0.05) is 25.5 Å². The van der Waals surface area contributed by atoms with Gasteiger partial charge in [0.15, 0.2) is 0 Å². The van der Waals surface area contributed by atoms with Crippen LogP contribution in [0.5, 0.6) is 0 Å². The van der Waals surface area contributed by atoms with Crippen molar-refractivity contribution in [1.82, 2.24) is 9.80 Å². The molecule has 0 fully saturated rings. The van der Waals surface area contributed by atoms with E-state index in [4.69, 9.17) is 0 Å². The Bertz CT molecular complexity index is 345. The van der Waals surface area contributed by atoms with E-state index in [-0.39, 0.29) is 6.61 Å². The van der Waals surface area contributed by atoms with Crippen molar-refractivity contribution >= 4 is 0 Å². The Balaban J connectivity index is 1.86. The zero-order valence-corrected chi connectivity index (χ0v) is 18.5. The molecule has 0 aliphatic carbocycles. The van der Waals surface area contributed by atoms with Crippen LogP contribution < -0.4 is 0 Å². The lowest BCUT2D eigenvalue weighted by Gasteiger charge is -2.32. The molecule has 1 rings (SSSR count). The molecule has 3 nitrogen and oxygen atoms in total. The zero-order valence-electron chi connectivity index (χ0n) is 18.5. The van der Waals surface area contributed by atoms with E-state index >= 15 is 0 Å². The highest BCUT2D eigenvalue weighted by atomic mass is 16.3. The van der Waals surface area contributed by atoms with E-state index in [0.717, 1.165) is 13.1 Å². The van der Waals surface area contributed by atoms with E-state index in [1.165, 1.54) is 103 Å². The maximum Gasteiger partial charge on any atom is 0.101 e. The topological polar surface area (TPSA) is 26.7 Å². The molecule has 1 aliphatic rings. The lowest BCUT2D eigenvalue weighted by molar-refractivity contribution is 0.122. The van der Waals surface area contributed by atoms with Crippen LogP contribution in [0, 0.1) is 0 Å². The maximum atomic E-state index is 9.21. The van der Waals surface area contributed by atoms with Crippen LogP contribution in [0.15, 0.2) is 12.4 Å². The summed E-state index contributed by atoms with van der Waals surface area (Å²) in [6.45, 7) is 6.57. The van der Waals surface area contributed by atoms with Gasteiger partial charge in [-0.2, -0.15) is 0 Å². The van der Waals surface area contributed by atoms with Crippen LogP contribution in [0.1, 0.15) is 117 Å². The Hall–Kier alpha value is -0.700. The van der Waals surface area contributed by atoms with Crippen LogP contribution in [-0.4, -0.2) is 40.8 Å². The molecule has 3 heteroatoms. The molecule has 1 heterocycles. The molecule has 1 unspecified atom stereocenters. The molecule has 27 heavy (non-hydrogen) atoms. The van der Waals surface area contributed by atoms with E-state index in [1.54, 1.807) is 0 Å². The summed E-state index contributed by atoms with van der Waals surface area (Å²) in [7, 11) is 0. The van der Waals surface area contributed by atoms with Gasteiger partial charge in [-0.1, -0.05) is 96.8 Å².